The van der Waals surface area contributed by atoms with Crippen LogP contribution in [0.4, 0.5) is 0 Å². The molecule has 1 saturated heterocycles. The van der Waals surface area contributed by atoms with E-state index in [9.17, 15) is 0 Å². The Hall–Kier alpha value is -0.860. The topological polar surface area (TPSA) is 24.1 Å². The molecule has 0 bridgehead atoms. The molecule has 3 unspecified atom stereocenters. The van der Waals surface area contributed by atoms with Crippen LogP contribution in [0.15, 0.2) is 30.3 Å². The van der Waals surface area contributed by atoms with Crippen LogP contribution in [0.25, 0.3) is 0 Å². The van der Waals surface area contributed by atoms with Gasteiger partial charge in [-0.05, 0) is 44.2 Å². The molecule has 2 nitrogen and oxygen atoms in total. The minimum atomic E-state index is 0.584. The summed E-state index contributed by atoms with van der Waals surface area (Å²) in [5, 5.41) is 7.40. The van der Waals surface area contributed by atoms with E-state index in [0.29, 0.717) is 18.0 Å². The fourth-order valence-electron chi connectivity index (χ4n) is 3.09. The Morgan fingerprint density at radius 3 is 2.75 bits per heavy atom. The predicted molar refractivity (Wildman–Crippen MR) is 87.2 cm³/mol. The molecule has 2 rings (SSSR count). The predicted octanol–water partition coefficient (Wildman–Crippen LogP) is 3.69. The van der Waals surface area contributed by atoms with Gasteiger partial charge in [0.1, 0.15) is 0 Å². The van der Waals surface area contributed by atoms with Crippen LogP contribution in [-0.2, 0) is 0 Å². The molecule has 1 aromatic rings. The van der Waals surface area contributed by atoms with E-state index in [1.165, 1.54) is 44.2 Å². The van der Waals surface area contributed by atoms with Crippen LogP contribution >= 0.6 is 0 Å². The Kier molecular flexibility index (Phi) is 6.55. The zero-order chi connectivity index (χ0) is 14.2. The van der Waals surface area contributed by atoms with Crippen LogP contribution in [0, 0.1) is 0 Å². The van der Waals surface area contributed by atoms with Crippen LogP contribution in [0.5, 0.6) is 0 Å². The normalized spacial score (nSPS) is 23.0. The van der Waals surface area contributed by atoms with Crippen molar-refractivity contribution in [2.24, 2.45) is 0 Å². The van der Waals surface area contributed by atoms with Gasteiger partial charge in [-0.2, -0.15) is 0 Å². The first-order chi connectivity index (χ1) is 9.75. The molecule has 1 heterocycles. The summed E-state index contributed by atoms with van der Waals surface area (Å²) in [6, 6.07) is 12.1. The van der Waals surface area contributed by atoms with E-state index in [-0.39, 0.29) is 0 Å². The van der Waals surface area contributed by atoms with E-state index in [4.69, 9.17) is 0 Å². The second-order valence-electron chi connectivity index (χ2n) is 6.36. The van der Waals surface area contributed by atoms with E-state index in [2.05, 4.69) is 54.8 Å². The molecule has 2 heteroatoms. The van der Waals surface area contributed by atoms with Crippen LogP contribution in [0.1, 0.15) is 57.4 Å². The lowest BCUT2D eigenvalue weighted by atomic mass is 9.99. The summed E-state index contributed by atoms with van der Waals surface area (Å²) >= 11 is 0. The first kappa shape index (κ1) is 15.5. The summed E-state index contributed by atoms with van der Waals surface area (Å²) in [7, 11) is 0. The van der Waals surface area contributed by atoms with Gasteiger partial charge >= 0.3 is 0 Å². The lowest BCUT2D eigenvalue weighted by molar-refractivity contribution is 0.398. The molecule has 20 heavy (non-hydrogen) atoms. The van der Waals surface area contributed by atoms with Gasteiger partial charge in [-0.3, -0.25) is 0 Å². The van der Waals surface area contributed by atoms with Gasteiger partial charge in [0.25, 0.3) is 0 Å². The van der Waals surface area contributed by atoms with Crippen LogP contribution in [0.2, 0.25) is 0 Å². The van der Waals surface area contributed by atoms with E-state index in [1.807, 2.05) is 0 Å². The molecule has 1 aromatic carbocycles. The van der Waals surface area contributed by atoms with E-state index < -0.39 is 0 Å². The molecule has 1 fully saturated rings. The second kappa shape index (κ2) is 8.43. The summed E-state index contributed by atoms with van der Waals surface area (Å²) in [4.78, 5) is 0. The average molecular weight is 274 g/mol. The largest absolute Gasteiger partial charge is 0.314 e. The maximum absolute atomic E-state index is 3.71. The molecule has 3 atom stereocenters. The third-order valence-electron chi connectivity index (χ3n) is 4.44. The van der Waals surface area contributed by atoms with Gasteiger partial charge < -0.3 is 10.6 Å². The fraction of sp³-hybridized carbons (Fsp3) is 0.667. The Morgan fingerprint density at radius 2 is 1.95 bits per heavy atom. The van der Waals surface area contributed by atoms with Crippen LogP contribution in [0.3, 0.4) is 0 Å². The van der Waals surface area contributed by atoms with Gasteiger partial charge in [-0.25, -0.2) is 0 Å². The molecule has 1 aliphatic heterocycles. The summed E-state index contributed by atoms with van der Waals surface area (Å²) in [5.41, 5.74) is 1.43. The fourth-order valence-corrected chi connectivity index (χ4v) is 3.09. The second-order valence-corrected chi connectivity index (χ2v) is 6.36. The van der Waals surface area contributed by atoms with Crippen molar-refractivity contribution in [3.63, 3.8) is 0 Å². The van der Waals surface area contributed by atoms with Crippen molar-refractivity contribution in [1.29, 1.82) is 0 Å². The minimum absolute atomic E-state index is 0.584. The summed E-state index contributed by atoms with van der Waals surface area (Å²) in [6.07, 6.45) is 6.74. The number of nitrogens with one attached hydrogen (secondary N) is 2. The van der Waals surface area contributed by atoms with Crippen LogP contribution < -0.4 is 10.6 Å². The summed E-state index contributed by atoms with van der Waals surface area (Å²) in [6.45, 7) is 6.90. The highest BCUT2D eigenvalue weighted by Crippen LogP contribution is 2.15. The van der Waals surface area contributed by atoms with Crippen molar-refractivity contribution in [2.75, 3.05) is 13.1 Å². The molecular weight excluding hydrogens is 244 g/mol. The molecular formula is C18H30N2. The molecule has 0 amide bonds. The Bertz CT molecular complexity index is 355. The standard InChI is InChI=1S/C18H30N2/c1-15(17-9-5-3-6-10-17)14-20-16(2)13-18-11-7-4-8-12-19-18/h3,5-6,9-10,15-16,18-20H,4,7-8,11-14H2,1-2H3. The maximum atomic E-state index is 3.71. The third kappa shape index (κ3) is 5.26. The van der Waals surface area contributed by atoms with Crippen molar-refractivity contribution in [1.82, 2.24) is 10.6 Å². The first-order valence-electron chi connectivity index (χ1n) is 8.27. The average Bonchev–Trinajstić information content (AvgIpc) is 2.74. The Balaban J connectivity index is 1.70. The monoisotopic (exact) mass is 274 g/mol. The quantitative estimate of drug-likeness (QED) is 0.826. The third-order valence-corrected chi connectivity index (χ3v) is 4.44. The van der Waals surface area contributed by atoms with Crippen molar-refractivity contribution < 1.29 is 0 Å². The highest BCUT2D eigenvalue weighted by atomic mass is 14.9. The molecule has 0 radical (unpaired) electrons. The smallest absolute Gasteiger partial charge is 0.00817 e. The zero-order valence-electron chi connectivity index (χ0n) is 13.1. The molecule has 1 aliphatic rings. The van der Waals surface area contributed by atoms with Gasteiger partial charge in [0, 0.05) is 18.6 Å². The van der Waals surface area contributed by atoms with Crippen molar-refractivity contribution in [3.05, 3.63) is 35.9 Å². The molecule has 0 saturated carbocycles. The van der Waals surface area contributed by atoms with Gasteiger partial charge in [0.2, 0.25) is 0 Å². The number of benzene rings is 1. The highest BCUT2D eigenvalue weighted by molar-refractivity contribution is 5.18. The van der Waals surface area contributed by atoms with Gasteiger partial charge in [0.15, 0.2) is 0 Å². The first-order valence-corrected chi connectivity index (χ1v) is 8.27. The van der Waals surface area contributed by atoms with Gasteiger partial charge in [-0.1, -0.05) is 50.1 Å². The molecule has 0 aromatic heterocycles. The summed E-state index contributed by atoms with van der Waals surface area (Å²) in [5.74, 6) is 0.584. The lowest BCUT2D eigenvalue weighted by Crippen LogP contribution is -2.38. The summed E-state index contributed by atoms with van der Waals surface area (Å²) < 4.78 is 0. The number of hydrogen-bond donors (Lipinski definition) is 2. The Morgan fingerprint density at radius 1 is 1.15 bits per heavy atom. The number of rotatable bonds is 6. The maximum Gasteiger partial charge on any atom is 0.00817 e. The van der Waals surface area contributed by atoms with E-state index in [1.54, 1.807) is 0 Å². The van der Waals surface area contributed by atoms with E-state index >= 15 is 0 Å². The number of hydrogen-bond acceptors (Lipinski definition) is 2. The highest BCUT2D eigenvalue weighted by Gasteiger charge is 2.15. The Labute approximate surface area is 124 Å². The minimum Gasteiger partial charge on any atom is -0.314 e. The molecule has 112 valence electrons. The van der Waals surface area contributed by atoms with Gasteiger partial charge in [0.05, 0.1) is 0 Å². The van der Waals surface area contributed by atoms with Crippen LogP contribution in [-0.4, -0.2) is 25.2 Å². The lowest BCUT2D eigenvalue weighted by Gasteiger charge is -2.23. The molecule has 0 aliphatic carbocycles. The SMILES string of the molecule is CC(CC1CCCCCN1)NCC(C)c1ccccc1. The molecule has 0 spiro atoms. The van der Waals surface area contributed by atoms with Crippen molar-refractivity contribution >= 4 is 0 Å². The van der Waals surface area contributed by atoms with Crippen molar-refractivity contribution in [3.8, 4) is 0 Å². The molecule has 2 N–H and O–H groups in total. The van der Waals surface area contributed by atoms with Crippen molar-refractivity contribution in [2.45, 2.75) is 64.0 Å². The van der Waals surface area contributed by atoms with Gasteiger partial charge in [-0.15, -0.1) is 0 Å². The zero-order valence-corrected chi connectivity index (χ0v) is 13.1. The van der Waals surface area contributed by atoms with E-state index in [0.717, 1.165) is 6.54 Å².